The number of hydrogen-bond donors (Lipinski definition) is 0. The summed E-state index contributed by atoms with van der Waals surface area (Å²) in [6, 6.07) is 59.7. The highest BCUT2D eigenvalue weighted by Crippen LogP contribution is 2.55. The van der Waals surface area contributed by atoms with E-state index in [1.54, 1.807) is 0 Å². The van der Waals surface area contributed by atoms with E-state index in [1.807, 2.05) is 0 Å². The molecular formula is C55H51N. The summed E-state index contributed by atoms with van der Waals surface area (Å²) < 4.78 is 0. The van der Waals surface area contributed by atoms with Crippen LogP contribution in [0, 0.1) is 0 Å². The van der Waals surface area contributed by atoms with E-state index >= 15 is 0 Å². The van der Waals surface area contributed by atoms with Crippen molar-refractivity contribution in [3.8, 4) is 44.5 Å². The van der Waals surface area contributed by atoms with Crippen LogP contribution in [0.5, 0.6) is 0 Å². The van der Waals surface area contributed by atoms with Crippen molar-refractivity contribution in [3.63, 3.8) is 0 Å². The number of para-hydroxylation sites is 1. The lowest BCUT2D eigenvalue weighted by atomic mass is 9.80. The van der Waals surface area contributed by atoms with Crippen LogP contribution in [0.15, 0.2) is 158 Å². The first-order valence-corrected chi connectivity index (χ1v) is 20.9. The van der Waals surface area contributed by atoms with E-state index in [2.05, 4.69) is 190 Å². The second-order valence-electron chi connectivity index (χ2n) is 17.5. The zero-order chi connectivity index (χ0) is 38.0. The van der Waals surface area contributed by atoms with E-state index in [4.69, 9.17) is 0 Å². The third-order valence-electron chi connectivity index (χ3n) is 13.5. The van der Waals surface area contributed by atoms with Crippen LogP contribution in [0.4, 0.5) is 17.1 Å². The molecule has 0 saturated heterocycles. The Kier molecular flexibility index (Phi) is 8.40. The lowest BCUT2D eigenvalue weighted by molar-refractivity contribution is 0.592. The lowest BCUT2D eigenvalue weighted by Gasteiger charge is -2.30. The van der Waals surface area contributed by atoms with Crippen LogP contribution in [0.3, 0.4) is 0 Å². The van der Waals surface area contributed by atoms with Crippen molar-refractivity contribution in [1.82, 2.24) is 0 Å². The SMILES string of the molecule is CC1(C)c2ccccc2-c2ccc(-c3cccc4c3-c3ccc(N(c5ccc(C6CCCCCC6)cc5)c5ccccc5-c5ccccc5)cc3C4(C)C)cc21. The van der Waals surface area contributed by atoms with E-state index in [-0.39, 0.29) is 10.8 Å². The first-order chi connectivity index (χ1) is 27.3. The molecule has 0 bridgehead atoms. The minimum Gasteiger partial charge on any atom is -0.310 e. The molecule has 0 aliphatic heterocycles. The molecule has 7 aromatic rings. The standard InChI is InChI=1S/C55H51N/c1-54(2)48-24-14-12-22-45(48)46-33-29-40(35-50(46)54)44-23-16-25-49-53(44)47-34-32-42(36-51(47)55(49,3)4)56(52-26-15-13-21-43(52)39-19-10-7-11-20-39)41-30-27-38(28-31-41)37-17-8-5-6-9-18-37/h7,10-16,19-37H,5-6,8-9,17-18H2,1-4H3. The van der Waals surface area contributed by atoms with Gasteiger partial charge >= 0.3 is 0 Å². The summed E-state index contributed by atoms with van der Waals surface area (Å²) in [5.74, 6) is 0.664. The summed E-state index contributed by atoms with van der Waals surface area (Å²) in [5, 5.41) is 0. The molecular weight excluding hydrogens is 675 g/mol. The average Bonchev–Trinajstić information content (AvgIpc) is 3.42. The maximum Gasteiger partial charge on any atom is 0.0540 e. The molecule has 1 heteroatoms. The fraction of sp³-hybridized carbons (Fsp3) is 0.236. The number of nitrogens with zero attached hydrogens (tertiary/aromatic N) is 1. The third-order valence-corrected chi connectivity index (χ3v) is 13.5. The van der Waals surface area contributed by atoms with Crippen LogP contribution < -0.4 is 4.90 Å². The summed E-state index contributed by atoms with van der Waals surface area (Å²) in [5.41, 5.74) is 21.0. The highest BCUT2D eigenvalue weighted by molar-refractivity contribution is 5.96. The second kappa shape index (κ2) is 13.5. The van der Waals surface area contributed by atoms with Crippen molar-refractivity contribution >= 4 is 17.1 Å². The second-order valence-corrected chi connectivity index (χ2v) is 17.5. The van der Waals surface area contributed by atoms with Crippen molar-refractivity contribution in [2.24, 2.45) is 0 Å². The van der Waals surface area contributed by atoms with E-state index in [1.165, 1.54) is 128 Å². The van der Waals surface area contributed by atoms with Gasteiger partial charge in [-0.25, -0.2) is 0 Å². The molecule has 0 aromatic heterocycles. The maximum absolute atomic E-state index is 2.50. The first-order valence-electron chi connectivity index (χ1n) is 20.9. The number of rotatable bonds is 6. The molecule has 0 heterocycles. The Labute approximate surface area is 333 Å². The van der Waals surface area contributed by atoms with E-state index in [0.29, 0.717) is 5.92 Å². The summed E-state index contributed by atoms with van der Waals surface area (Å²) in [6.45, 7) is 9.58. The molecule has 0 amide bonds. The van der Waals surface area contributed by atoms with Crippen molar-refractivity contribution in [2.75, 3.05) is 4.90 Å². The fourth-order valence-electron chi connectivity index (χ4n) is 10.5. The van der Waals surface area contributed by atoms with Gasteiger partial charge in [-0.05, 0) is 122 Å². The molecule has 0 atom stereocenters. The Hall–Kier alpha value is -5.66. The molecule has 3 aliphatic carbocycles. The van der Waals surface area contributed by atoms with Crippen LogP contribution in [0.1, 0.15) is 100.0 Å². The molecule has 1 fully saturated rings. The number of benzene rings is 7. The molecule has 276 valence electrons. The highest BCUT2D eigenvalue weighted by atomic mass is 15.1. The van der Waals surface area contributed by atoms with Gasteiger partial charge < -0.3 is 4.90 Å². The van der Waals surface area contributed by atoms with Crippen LogP contribution in [0.2, 0.25) is 0 Å². The normalized spacial score (nSPS) is 16.4. The average molecular weight is 726 g/mol. The van der Waals surface area contributed by atoms with Crippen molar-refractivity contribution in [3.05, 3.63) is 186 Å². The first kappa shape index (κ1) is 34.8. The van der Waals surface area contributed by atoms with Gasteiger partial charge in [-0.3, -0.25) is 0 Å². The van der Waals surface area contributed by atoms with Gasteiger partial charge in [-0.2, -0.15) is 0 Å². The van der Waals surface area contributed by atoms with Gasteiger partial charge in [-0.1, -0.05) is 175 Å². The molecule has 1 saturated carbocycles. The van der Waals surface area contributed by atoms with Crippen molar-refractivity contribution in [1.29, 1.82) is 0 Å². The molecule has 10 rings (SSSR count). The van der Waals surface area contributed by atoms with Gasteiger partial charge in [-0.15, -0.1) is 0 Å². The van der Waals surface area contributed by atoms with Gasteiger partial charge in [0.05, 0.1) is 5.69 Å². The minimum absolute atomic E-state index is 0.0423. The van der Waals surface area contributed by atoms with Crippen LogP contribution in [-0.2, 0) is 10.8 Å². The zero-order valence-electron chi connectivity index (χ0n) is 33.3. The Bertz CT molecular complexity index is 2580. The largest absolute Gasteiger partial charge is 0.310 e. The monoisotopic (exact) mass is 725 g/mol. The molecule has 0 N–H and O–H groups in total. The van der Waals surface area contributed by atoms with Crippen LogP contribution >= 0.6 is 0 Å². The Morgan fingerprint density at radius 3 is 1.79 bits per heavy atom. The highest BCUT2D eigenvalue weighted by Gasteiger charge is 2.39. The molecule has 0 radical (unpaired) electrons. The molecule has 3 aliphatic rings. The predicted molar refractivity (Wildman–Crippen MR) is 238 cm³/mol. The molecule has 1 nitrogen and oxygen atoms in total. The van der Waals surface area contributed by atoms with Gasteiger partial charge in [0.1, 0.15) is 0 Å². The van der Waals surface area contributed by atoms with E-state index < -0.39 is 0 Å². The van der Waals surface area contributed by atoms with Crippen LogP contribution in [0.25, 0.3) is 44.5 Å². The fourth-order valence-corrected chi connectivity index (χ4v) is 10.5. The topological polar surface area (TPSA) is 3.24 Å². The maximum atomic E-state index is 2.50. The minimum atomic E-state index is -0.170. The van der Waals surface area contributed by atoms with Gasteiger partial charge in [0.25, 0.3) is 0 Å². The van der Waals surface area contributed by atoms with E-state index in [0.717, 1.165) is 0 Å². The molecule has 7 aromatic carbocycles. The lowest BCUT2D eigenvalue weighted by Crippen LogP contribution is -2.17. The van der Waals surface area contributed by atoms with Gasteiger partial charge in [0.15, 0.2) is 0 Å². The summed E-state index contributed by atoms with van der Waals surface area (Å²) in [4.78, 5) is 2.50. The summed E-state index contributed by atoms with van der Waals surface area (Å²) in [6.07, 6.45) is 8.05. The van der Waals surface area contributed by atoms with Gasteiger partial charge in [0.2, 0.25) is 0 Å². The summed E-state index contributed by atoms with van der Waals surface area (Å²) >= 11 is 0. The van der Waals surface area contributed by atoms with E-state index in [9.17, 15) is 0 Å². The van der Waals surface area contributed by atoms with Gasteiger partial charge in [0, 0.05) is 27.8 Å². The van der Waals surface area contributed by atoms with Crippen molar-refractivity contribution < 1.29 is 0 Å². The van der Waals surface area contributed by atoms with Crippen molar-refractivity contribution in [2.45, 2.75) is 83.0 Å². The molecule has 56 heavy (non-hydrogen) atoms. The Balaban J connectivity index is 1.10. The Morgan fingerprint density at radius 2 is 1.00 bits per heavy atom. The quantitative estimate of drug-likeness (QED) is 0.154. The summed E-state index contributed by atoms with van der Waals surface area (Å²) in [7, 11) is 0. The number of fused-ring (bicyclic) bond motifs is 6. The van der Waals surface area contributed by atoms with Crippen LogP contribution in [-0.4, -0.2) is 0 Å². The third kappa shape index (κ3) is 5.58. The number of anilines is 3. The number of hydrogen-bond acceptors (Lipinski definition) is 1. The zero-order valence-corrected chi connectivity index (χ0v) is 33.3. The molecule has 0 unspecified atom stereocenters. The smallest absolute Gasteiger partial charge is 0.0540 e. The predicted octanol–water partition coefficient (Wildman–Crippen LogP) is 15.5. The molecule has 0 spiro atoms. The Morgan fingerprint density at radius 1 is 0.411 bits per heavy atom.